The van der Waals surface area contributed by atoms with Crippen molar-refractivity contribution in [1.29, 1.82) is 0 Å². The molecule has 1 amide bonds. The van der Waals surface area contributed by atoms with Gasteiger partial charge in [0, 0.05) is 20.1 Å². The first kappa shape index (κ1) is 10.9. The molecule has 0 aromatic heterocycles. The van der Waals surface area contributed by atoms with Crippen LogP contribution in [-0.2, 0) is 4.79 Å². The monoisotopic (exact) mass is 210 g/mol. The second-order valence-corrected chi connectivity index (χ2v) is 5.50. The van der Waals surface area contributed by atoms with Crippen LogP contribution in [0.1, 0.15) is 32.6 Å². The zero-order valence-electron chi connectivity index (χ0n) is 9.83. The van der Waals surface area contributed by atoms with E-state index < -0.39 is 0 Å². The Morgan fingerprint density at radius 3 is 2.47 bits per heavy atom. The van der Waals surface area contributed by atoms with E-state index in [1.165, 1.54) is 6.42 Å². The van der Waals surface area contributed by atoms with Crippen LogP contribution in [0.5, 0.6) is 0 Å². The van der Waals surface area contributed by atoms with Gasteiger partial charge in [0.25, 0.3) is 0 Å². The van der Waals surface area contributed by atoms with Gasteiger partial charge in [-0.25, -0.2) is 0 Å². The highest BCUT2D eigenvalue weighted by Gasteiger charge is 2.45. The Hall–Kier alpha value is -0.570. The first-order chi connectivity index (χ1) is 7.09. The van der Waals surface area contributed by atoms with Gasteiger partial charge in [-0.2, -0.15) is 0 Å². The second-order valence-electron chi connectivity index (χ2n) is 5.50. The number of hydrogen-bond acceptors (Lipinski definition) is 2. The summed E-state index contributed by atoms with van der Waals surface area (Å²) in [5.41, 5.74) is 5.55. The first-order valence-corrected chi connectivity index (χ1v) is 6.05. The summed E-state index contributed by atoms with van der Waals surface area (Å²) in [6, 6.07) is 0. The van der Waals surface area contributed by atoms with Crippen molar-refractivity contribution >= 4 is 5.91 Å². The van der Waals surface area contributed by atoms with E-state index in [2.05, 4.69) is 6.92 Å². The highest BCUT2D eigenvalue weighted by Crippen LogP contribution is 2.43. The molecule has 2 saturated carbocycles. The fourth-order valence-corrected chi connectivity index (χ4v) is 2.60. The highest BCUT2D eigenvalue weighted by atomic mass is 16.2. The molecular formula is C12H22N2O. The highest BCUT2D eigenvalue weighted by molar-refractivity contribution is 5.83. The maximum absolute atomic E-state index is 12.2. The molecule has 0 aromatic carbocycles. The van der Waals surface area contributed by atoms with E-state index in [1.54, 1.807) is 0 Å². The third-order valence-electron chi connectivity index (χ3n) is 4.29. The van der Waals surface area contributed by atoms with Crippen molar-refractivity contribution in [2.24, 2.45) is 23.0 Å². The molecular weight excluding hydrogens is 188 g/mol. The topological polar surface area (TPSA) is 46.3 Å². The van der Waals surface area contributed by atoms with Crippen LogP contribution in [0, 0.1) is 17.3 Å². The van der Waals surface area contributed by atoms with Crippen LogP contribution in [0.4, 0.5) is 0 Å². The number of nitrogens with zero attached hydrogens (tertiary/aromatic N) is 1. The fourth-order valence-electron chi connectivity index (χ4n) is 2.60. The fraction of sp³-hybridized carbons (Fsp3) is 0.917. The molecule has 2 atom stereocenters. The van der Waals surface area contributed by atoms with Crippen molar-refractivity contribution in [3.05, 3.63) is 0 Å². The van der Waals surface area contributed by atoms with Gasteiger partial charge < -0.3 is 10.6 Å². The molecule has 15 heavy (non-hydrogen) atoms. The summed E-state index contributed by atoms with van der Waals surface area (Å²) in [5, 5.41) is 0. The minimum absolute atomic E-state index is 0.188. The van der Waals surface area contributed by atoms with E-state index >= 15 is 0 Å². The summed E-state index contributed by atoms with van der Waals surface area (Å²) in [6.45, 7) is 3.71. The van der Waals surface area contributed by atoms with E-state index in [9.17, 15) is 4.79 Å². The molecule has 0 spiro atoms. The molecule has 3 heteroatoms. The van der Waals surface area contributed by atoms with Gasteiger partial charge in [-0.1, -0.05) is 13.3 Å². The van der Waals surface area contributed by atoms with Crippen LogP contribution in [0.2, 0.25) is 0 Å². The van der Waals surface area contributed by atoms with Crippen LogP contribution >= 0.6 is 0 Å². The molecule has 2 aliphatic carbocycles. The Bertz CT molecular complexity index is 255. The minimum Gasteiger partial charge on any atom is -0.345 e. The lowest BCUT2D eigenvalue weighted by atomic mass is 9.68. The minimum atomic E-state index is -0.188. The lowest BCUT2D eigenvalue weighted by Crippen LogP contribution is -2.51. The average Bonchev–Trinajstić information content (AvgIpc) is 2.80. The maximum Gasteiger partial charge on any atom is 0.229 e. The van der Waals surface area contributed by atoms with Gasteiger partial charge in [-0.15, -0.1) is 0 Å². The van der Waals surface area contributed by atoms with Gasteiger partial charge in [0.2, 0.25) is 5.91 Å². The molecule has 2 N–H and O–H groups in total. The molecule has 2 unspecified atom stereocenters. The summed E-state index contributed by atoms with van der Waals surface area (Å²) < 4.78 is 0. The Morgan fingerprint density at radius 2 is 2.13 bits per heavy atom. The largest absolute Gasteiger partial charge is 0.345 e. The van der Waals surface area contributed by atoms with Crippen LogP contribution < -0.4 is 5.73 Å². The first-order valence-electron chi connectivity index (χ1n) is 6.05. The molecule has 86 valence electrons. The number of rotatable bonds is 4. The van der Waals surface area contributed by atoms with E-state index in [0.717, 1.165) is 37.6 Å². The van der Waals surface area contributed by atoms with Crippen LogP contribution in [0.25, 0.3) is 0 Å². The van der Waals surface area contributed by atoms with E-state index in [1.807, 2.05) is 11.9 Å². The second kappa shape index (κ2) is 3.78. The van der Waals surface area contributed by atoms with Gasteiger partial charge in [0.1, 0.15) is 0 Å². The van der Waals surface area contributed by atoms with Crippen molar-refractivity contribution in [3.8, 4) is 0 Å². The lowest BCUT2D eigenvalue weighted by molar-refractivity contribution is -0.145. The Balaban J connectivity index is 1.88. The summed E-state index contributed by atoms with van der Waals surface area (Å²) in [6.07, 6.45) is 4.43. The molecule has 2 aliphatic rings. The summed E-state index contributed by atoms with van der Waals surface area (Å²) >= 11 is 0. The molecule has 0 saturated heterocycles. The number of amides is 1. The zero-order valence-corrected chi connectivity index (χ0v) is 9.83. The summed E-state index contributed by atoms with van der Waals surface area (Å²) in [5.74, 6) is 1.85. The van der Waals surface area contributed by atoms with Gasteiger partial charge >= 0.3 is 0 Å². The predicted octanol–water partition coefficient (Wildman–Crippen LogP) is 1.23. The average molecular weight is 210 g/mol. The van der Waals surface area contributed by atoms with Crippen molar-refractivity contribution < 1.29 is 4.79 Å². The summed E-state index contributed by atoms with van der Waals surface area (Å²) in [4.78, 5) is 14.1. The molecule has 0 heterocycles. The maximum atomic E-state index is 12.2. The smallest absolute Gasteiger partial charge is 0.229 e. The van der Waals surface area contributed by atoms with E-state index in [4.69, 9.17) is 5.73 Å². The third-order valence-corrected chi connectivity index (χ3v) is 4.29. The van der Waals surface area contributed by atoms with Crippen molar-refractivity contribution in [2.45, 2.75) is 32.6 Å². The summed E-state index contributed by atoms with van der Waals surface area (Å²) in [7, 11) is 1.93. The molecule has 2 rings (SSSR count). The Kier molecular flexibility index (Phi) is 2.75. The lowest BCUT2D eigenvalue weighted by Gasteiger charge is -2.41. The van der Waals surface area contributed by atoms with E-state index in [-0.39, 0.29) is 11.3 Å². The number of carbonyl (C=O) groups is 1. The molecule has 0 aliphatic heterocycles. The zero-order chi connectivity index (χ0) is 11.1. The van der Waals surface area contributed by atoms with Crippen LogP contribution in [0.15, 0.2) is 0 Å². The van der Waals surface area contributed by atoms with Crippen molar-refractivity contribution in [1.82, 2.24) is 4.90 Å². The third kappa shape index (κ3) is 1.89. The number of nitrogens with two attached hydrogens (primary N) is 1. The predicted molar refractivity (Wildman–Crippen MR) is 60.2 cm³/mol. The van der Waals surface area contributed by atoms with Crippen LogP contribution in [0.3, 0.4) is 0 Å². The molecule has 0 bridgehead atoms. The van der Waals surface area contributed by atoms with Gasteiger partial charge in [0.05, 0.1) is 5.41 Å². The van der Waals surface area contributed by atoms with Gasteiger partial charge in [-0.3, -0.25) is 4.79 Å². The number of hydrogen-bond donors (Lipinski definition) is 1. The number of carbonyl (C=O) groups excluding carboxylic acids is 1. The molecule has 0 aromatic rings. The Labute approximate surface area is 92.0 Å². The normalized spacial score (nSPS) is 31.9. The van der Waals surface area contributed by atoms with Crippen molar-refractivity contribution in [2.75, 3.05) is 20.1 Å². The van der Waals surface area contributed by atoms with Crippen molar-refractivity contribution in [3.63, 3.8) is 0 Å². The van der Waals surface area contributed by atoms with Gasteiger partial charge in [0.15, 0.2) is 0 Å². The SMILES string of the molecule is CC1CC1CN(C)C(=O)C1(CN)CCC1. The molecule has 3 nitrogen and oxygen atoms in total. The quantitative estimate of drug-likeness (QED) is 0.758. The molecule has 2 fully saturated rings. The van der Waals surface area contributed by atoms with Gasteiger partial charge in [-0.05, 0) is 31.1 Å². The van der Waals surface area contributed by atoms with Crippen LogP contribution in [-0.4, -0.2) is 30.9 Å². The Morgan fingerprint density at radius 1 is 1.53 bits per heavy atom. The molecule has 0 radical (unpaired) electrons. The standard InChI is InChI=1S/C12H22N2O/c1-9-6-10(9)7-14(2)11(15)12(8-13)4-3-5-12/h9-10H,3-8,13H2,1-2H3. The van der Waals surface area contributed by atoms with E-state index in [0.29, 0.717) is 6.54 Å².